The lowest BCUT2D eigenvalue weighted by Crippen LogP contribution is -2.24. The third kappa shape index (κ3) is 2.61. The maximum absolute atomic E-state index is 5.67. The molecule has 1 aromatic rings. The van der Waals surface area contributed by atoms with Crippen LogP contribution in [0.5, 0.6) is 0 Å². The number of rotatable bonds is 3. The summed E-state index contributed by atoms with van der Waals surface area (Å²) in [5, 5.41) is 0. The lowest BCUT2D eigenvalue weighted by Gasteiger charge is -2.23. The predicted octanol–water partition coefficient (Wildman–Crippen LogP) is 2.29. The molecule has 1 aliphatic carbocycles. The minimum Gasteiger partial charge on any atom is -0.384 e. The highest BCUT2D eigenvalue weighted by molar-refractivity contribution is 5.51. The zero-order valence-electron chi connectivity index (χ0n) is 9.32. The Balaban J connectivity index is 1.97. The maximum atomic E-state index is 5.67. The third-order valence-electron chi connectivity index (χ3n) is 3.21. The van der Waals surface area contributed by atoms with Gasteiger partial charge in [0.25, 0.3) is 0 Å². The minimum atomic E-state index is 0.603. The first-order valence-corrected chi connectivity index (χ1v) is 5.68. The van der Waals surface area contributed by atoms with Gasteiger partial charge in [-0.2, -0.15) is 0 Å². The van der Waals surface area contributed by atoms with Gasteiger partial charge in [0.1, 0.15) is 5.82 Å². The van der Waals surface area contributed by atoms with E-state index in [0.29, 0.717) is 5.82 Å². The van der Waals surface area contributed by atoms with Crippen molar-refractivity contribution >= 4 is 11.5 Å². The number of nitrogens with two attached hydrogens (primary N) is 1. The van der Waals surface area contributed by atoms with Crippen LogP contribution in [0.3, 0.4) is 0 Å². The quantitative estimate of drug-likeness (QED) is 0.823. The summed E-state index contributed by atoms with van der Waals surface area (Å²) >= 11 is 0. The zero-order valence-corrected chi connectivity index (χ0v) is 9.32. The van der Waals surface area contributed by atoms with Gasteiger partial charge in [-0.15, -0.1) is 0 Å². The van der Waals surface area contributed by atoms with Gasteiger partial charge in [-0.1, -0.05) is 12.8 Å². The standard InChI is InChI=1S/C12H19N3/c1-15(9-10-4-2-3-5-10)11-6-7-14-12(13)8-11/h6-8,10H,2-5,9H2,1H3,(H2,13,14). The van der Waals surface area contributed by atoms with E-state index in [1.807, 2.05) is 12.1 Å². The second-order valence-corrected chi connectivity index (χ2v) is 4.47. The minimum absolute atomic E-state index is 0.603. The monoisotopic (exact) mass is 205 g/mol. The molecule has 1 heterocycles. The molecule has 1 aromatic heterocycles. The van der Waals surface area contributed by atoms with Gasteiger partial charge in [-0.3, -0.25) is 0 Å². The number of anilines is 2. The fraction of sp³-hybridized carbons (Fsp3) is 0.583. The van der Waals surface area contributed by atoms with Crippen LogP contribution in [0.2, 0.25) is 0 Å². The van der Waals surface area contributed by atoms with Crippen molar-refractivity contribution in [1.82, 2.24) is 4.98 Å². The van der Waals surface area contributed by atoms with Crippen molar-refractivity contribution in [3.8, 4) is 0 Å². The molecule has 0 aliphatic heterocycles. The molecule has 1 aliphatic rings. The predicted molar refractivity (Wildman–Crippen MR) is 63.9 cm³/mol. The van der Waals surface area contributed by atoms with Gasteiger partial charge >= 0.3 is 0 Å². The first kappa shape index (κ1) is 10.3. The van der Waals surface area contributed by atoms with Crippen molar-refractivity contribution in [1.29, 1.82) is 0 Å². The third-order valence-corrected chi connectivity index (χ3v) is 3.21. The van der Waals surface area contributed by atoms with Crippen molar-refractivity contribution in [2.45, 2.75) is 25.7 Å². The first-order valence-electron chi connectivity index (χ1n) is 5.68. The largest absolute Gasteiger partial charge is 0.384 e. The molecule has 0 radical (unpaired) electrons. The molecule has 3 heteroatoms. The van der Waals surface area contributed by atoms with Crippen LogP contribution in [0.25, 0.3) is 0 Å². The number of nitrogens with zero attached hydrogens (tertiary/aromatic N) is 2. The Morgan fingerprint density at radius 3 is 2.87 bits per heavy atom. The van der Waals surface area contributed by atoms with E-state index in [0.717, 1.165) is 12.5 Å². The summed E-state index contributed by atoms with van der Waals surface area (Å²) in [6, 6.07) is 3.96. The highest BCUT2D eigenvalue weighted by Crippen LogP contribution is 2.26. The zero-order chi connectivity index (χ0) is 10.7. The van der Waals surface area contributed by atoms with Crippen molar-refractivity contribution in [3.05, 3.63) is 18.3 Å². The topological polar surface area (TPSA) is 42.2 Å². The van der Waals surface area contributed by atoms with Crippen molar-refractivity contribution in [2.75, 3.05) is 24.2 Å². The number of nitrogen functional groups attached to an aromatic ring is 1. The van der Waals surface area contributed by atoms with Crippen molar-refractivity contribution in [3.63, 3.8) is 0 Å². The molecular formula is C12H19N3. The second-order valence-electron chi connectivity index (χ2n) is 4.47. The molecule has 1 saturated carbocycles. The lowest BCUT2D eigenvalue weighted by atomic mass is 10.1. The Labute approximate surface area is 91.3 Å². The summed E-state index contributed by atoms with van der Waals surface area (Å²) in [7, 11) is 2.13. The van der Waals surface area contributed by atoms with Crippen molar-refractivity contribution < 1.29 is 0 Å². The van der Waals surface area contributed by atoms with Crippen LogP contribution < -0.4 is 10.6 Å². The van der Waals surface area contributed by atoms with Crippen LogP contribution in [0.15, 0.2) is 18.3 Å². The highest BCUT2D eigenvalue weighted by Gasteiger charge is 2.16. The molecule has 0 spiro atoms. The van der Waals surface area contributed by atoms with Gasteiger partial charge in [0, 0.05) is 31.5 Å². The maximum Gasteiger partial charge on any atom is 0.125 e. The molecule has 2 N–H and O–H groups in total. The Hall–Kier alpha value is -1.25. The summed E-state index contributed by atoms with van der Waals surface area (Å²) in [6.07, 6.45) is 7.33. The molecule has 2 rings (SSSR count). The van der Waals surface area contributed by atoms with E-state index in [-0.39, 0.29) is 0 Å². The van der Waals surface area contributed by atoms with E-state index >= 15 is 0 Å². The molecule has 1 fully saturated rings. The molecule has 0 aromatic carbocycles. The van der Waals surface area contributed by atoms with Crippen LogP contribution in [0.4, 0.5) is 11.5 Å². The van der Waals surface area contributed by atoms with E-state index in [1.54, 1.807) is 6.20 Å². The molecule has 0 atom stereocenters. The van der Waals surface area contributed by atoms with Crippen LogP contribution in [-0.2, 0) is 0 Å². The second kappa shape index (κ2) is 4.51. The summed E-state index contributed by atoms with van der Waals surface area (Å²) in [5.74, 6) is 1.47. The van der Waals surface area contributed by atoms with E-state index in [2.05, 4.69) is 16.9 Å². The van der Waals surface area contributed by atoms with Gasteiger partial charge in [0.2, 0.25) is 0 Å². The molecule has 0 bridgehead atoms. The van der Waals surface area contributed by atoms with Crippen molar-refractivity contribution in [2.24, 2.45) is 5.92 Å². The Morgan fingerprint density at radius 1 is 1.47 bits per heavy atom. The van der Waals surface area contributed by atoms with E-state index < -0.39 is 0 Å². The summed E-state index contributed by atoms with van der Waals surface area (Å²) in [6.45, 7) is 1.14. The fourth-order valence-corrected chi connectivity index (χ4v) is 2.36. The number of hydrogen-bond donors (Lipinski definition) is 1. The van der Waals surface area contributed by atoms with E-state index in [1.165, 1.54) is 31.4 Å². The summed E-state index contributed by atoms with van der Waals surface area (Å²) in [5.41, 5.74) is 6.84. The molecular weight excluding hydrogens is 186 g/mol. The normalized spacial score (nSPS) is 16.9. The van der Waals surface area contributed by atoms with E-state index in [4.69, 9.17) is 5.73 Å². The van der Waals surface area contributed by atoms with Gasteiger partial charge in [-0.05, 0) is 24.8 Å². The molecule has 0 amide bonds. The molecule has 82 valence electrons. The number of hydrogen-bond acceptors (Lipinski definition) is 3. The average Bonchev–Trinajstić information content (AvgIpc) is 2.70. The SMILES string of the molecule is CN(CC1CCCC1)c1ccnc(N)c1. The van der Waals surface area contributed by atoms with E-state index in [9.17, 15) is 0 Å². The number of aromatic nitrogens is 1. The molecule has 0 unspecified atom stereocenters. The van der Waals surface area contributed by atoms with Gasteiger partial charge < -0.3 is 10.6 Å². The molecule has 15 heavy (non-hydrogen) atoms. The Morgan fingerprint density at radius 2 is 2.20 bits per heavy atom. The smallest absolute Gasteiger partial charge is 0.125 e. The van der Waals surface area contributed by atoms with Crippen LogP contribution in [-0.4, -0.2) is 18.6 Å². The fourth-order valence-electron chi connectivity index (χ4n) is 2.36. The lowest BCUT2D eigenvalue weighted by molar-refractivity contribution is 0.547. The van der Waals surface area contributed by atoms with Gasteiger partial charge in [0.15, 0.2) is 0 Å². The molecule has 3 nitrogen and oxygen atoms in total. The molecule has 0 saturated heterocycles. The van der Waals surface area contributed by atoms with Gasteiger partial charge in [-0.25, -0.2) is 4.98 Å². The average molecular weight is 205 g/mol. The summed E-state index contributed by atoms with van der Waals surface area (Å²) in [4.78, 5) is 6.29. The number of pyridine rings is 1. The highest BCUT2D eigenvalue weighted by atomic mass is 15.1. The van der Waals surface area contributed by atoms with Gasteiger partial charge in [0.05, 0.1) is 0 Å². The Kier molecular flexibility index (Phi) is 3.09. The van der Waals surface area contributed by atoms with Crippen LogP contribution in [0, 0.1) is 5.92 Å². The van der Waals surface area contributed by atoms with Crippen LogP contribution >= 0.6 is 0 Å². The summed E-state index contributed by atoms with van der Waals surface area (Å²) < 4.78 is 0. The first-order chi connectivity index (χ1) is 7.25. The van der Waals surface area contributed by atoms with Crippen LogP contribution in [0.1, 0.15) is 25.7 Å². The Bertz CT molecular complexity index is 318.